The number of aliphatic hydroxyl groups is 2. The Kier molecular flexibility index (Phi) is 10.5. The molecule has 0 heterocycles. The molecule has 3 aromatic carbocycles. The molecular weight excluding hydrogens is 685 g/mol. The van der Waals surface area contributed by atoms with Crippen molar-refractivity contribution in [3.8, 4) is 5.75 Å². The molecule has 7 nitrogen and oxygen atoms in total. The van der Waals surface area contributed by atoms with E-state index >= 15 is 0 Å². The number of benzene rings is 3. The van der Waals surface area contributed by atoms with E-state index in [2.05, 4.69) is 37.4 Å². The Morgan fingerprint density at radius 1 is 0.891 bits per heavy atom. The molecule has 0 aromatic heterocycles. The number of fused-ring (bicyclic) bond motifs is 8. The molecule has 0 radical (unpaired) electrons. The Labute approximate surface area is 327 Å². The molecular formula is C48H60N2O5. The molecule has 3 N–H and O–H groups in total. The van der Waals surface area contributed by atoms with Gasteiger partial charge in [0.15, 0.2) is 5.78 Å². The summed E-state index contributed by atoms with van der Waals surface area (Å²) in [5, 5.41) is 27.6. The Hall–Kier alpha value is -3.94. The van der Waals surface area contributed by atoms with E-state index in [9.17, 15) is 19.8 Å². The summed E-state index contributed by atoms with van der Waals surface area (Å²) in [5.41, 5.74) is 3.39. The second-order valence-electron chi connectivity index (χ2n) is 18.6. The monoisotopic (exact) mass is 744 g/mol. The minimum Gasteiger partial charge on any atom is -0.497 e. The van der Waals surface area contributed by atoms with Crippen molar-refractivity contribution in [1.29, 1.82) is 0 Å². The van der Waals surface area contributed by atoms with Gasteiger partial charge in [0.05, 0.1) is 25.4 Å². The van der Waals surface area contributed by atoms with Crippen molar-refractivity contribution in [2.24, 2.45) is 28.6 Å². The van der Waals surface area contributed by atoms with Gasteiger partial charge in [-0.1, -0.05) is 61.0 Å². The molecule has 7 aliphatic rings. The first-order valence-corrected chi connectivity index (χ1v) is 20.9. The predicted molar refractivity (Wildman–Crippen MR) is 217 cm³/mol. The van der Waals surface area contributed by atoms with Crippen LogP contribution in [0, 0.1) is 28.6 Å². The minimum atomic E-state index is -1.20. The van der Waals surface area contributed by atoms with Crippen molar-refractivity contribution >= 4 is 17.5 Å². The van der Waals surface area contributed by atoms with Crippen LogP contribution in [0.1, 0.15) is 124 Å². The van der Waals surface area contributed by atoms with Crippen LogP contribution in [0.5, 0.6) is 5.75 Å². The third-order valence-corrected chi connectivity index (χ3v) is 14.7. The second-order valence-corrected chi connectivity index (χ2v) is 18.6. The molecule has 7 heteroatoms. The summed E-state index contributed by atoms with van der Waals surface area (Å²) in [6.07, 6.45) is 13.9. The number of hydrogen-bond acceptors (Lipinski definition) is 5. The van der Waals surface area contributed by atoms with Gasteiger partial charge in [0, 0.05) is 28.8 Å². The molecule has 6 bridgehead atoms. The largest absolute Gasteiger partial charge is 0.497 e. The molecule has 0 saturated heterocycles. The predicted octanol–water partition coefficient (Wildman–Crippen LogP) is 9.72. The number of amides is 2. The molecule has 5 fully saturated rings. The maximum Gasteiger partial charge on any atom is 0.321 e. The number of aliphatic hydroxyl groups excluding tert-OH is 1. The normalized spacial score (nSPS) is 32.7. The van der Waals surface area contributed by atoms with Crippen LogP contribution < -0.4 is 10.1 Å². The SMILES string of the molecule is COc1ccc(NC(=O)N(CC23CC4CC(CC(C4)C2)C3)C[C@]2(O)CC[C@H]3c4ccc(cc4C(=O)c4ccccc4)C[C@@H](O)CCC(C)=CCC[C@@]32C)cc1. The molecule has 0 spiro atoms. The van der Waals surface area contributed by atoms with Gasteiger partial charge in [0.25, 0.3) is 0 Å². The number of carbonyl (C=O) groups excluding carboxylic acids is 2. The first-order chi connectivity index (χ1) is 26.4. The van der Waals surface area contributed by atoms with Gasteiger partial charge in [-0.3, -0.25) is 4.79 Å². The maximum absolute atomic E-state index is 14.6. The molecule has 0 unspecified atom stereocenters. The van der Waals surface area contributed by atoms with Crippen LogP contribution in [0.25, 0.3) is 0 Å². The van der Waals surface area contributed by atoms with Crippen molar-refractivity contribution < 1.29 is 24.5 Å². The summed E-state index contributed by atoms with van der Waals surface area (Å²) in [6.45, 7) is 5.24. The summed E-state index contributed by atoms with van der Waals surface area (Å²) >= 11 is 0. The van der Waals surface area contributed by atoms with Crippen LogP contribution in [0.4, 0.5) is 10.5 Å². The fourth-order valence-corrected chi connectivity index (χ4v) is 12.2. The van der Waals surface area contributed by atoms with Crippen LogP contribution in [-0.2, 0) is 6.42 Å². The third kappa shape index (κ3) is 7.64. The summed E-state index contributed by atoms with van der Waals surface area (Å²) in [7, 11) is 1.64. The number of rotatable bonds is 8. The summed E-state index contributed by atoms with van der Waals surface area (Å²) in [4.78, 5) is 31.0. The zero-order valence-electron chi connectivity index (χ0n) is 33.1. The van der Waals surface area contributed by atoms with E-state index < -0.39 is 17.1 Å². The fraction of sp³-hybridized carbons (Fsp3) is 0.542. The van der Waals surface area contributed by atoms with E-state index in [-0.39, 0.29) is 29.7 Å². The van der Waals surface area contributed by atoms with Crippen LogP contribution in [0.3, 0.4) is 0 Å². The number of nitrogens with zero attached hydrogens (tertiary/aromatic N) is 1. The van der Waals surface area contributed by atoms with E-state index in [1.54, 1.807) is 7.11 Å². The quantitative estimate of drug-likeness (QED) is 0.158. The number of urea groups is 1. The van der Waals surface area contributed by atoms with Crippen LogP contribution in [0.2, 0.25) is 0 Å². The molecule has 7 aliphatic carbocycles. The van der Waals surface area contributed by atoms with Crippen LogP contribution in [0.15, 0.2) is 84.4 Å². The molecule has 3 aromatic rings. The van der Waals surface area contributed by atoms with Gasteiger partial charge in [0.1, 0.15) is 5.75 Å². The topological polar surface area (TPSA) is 99.1 Å². The Balaban J connectivity index is 1.17. The third-order valence-electron chi connectivity index (χ3n) is 14.7. The average Bonchev–Trinajstić information content (AvgIpc) is 3.41. The standard InChI is InChI=1S/C48H60N2O5/c1-32-8-7-20-46(2)43(41-18-12-33(25-39(51)15-11-32)26-42(41)44(52)37-9-5-4-6-10-37)19-21-48(46,54)31-50(45(53)49-38-13-16-40(55-3)17-14-38)30-47-27-34-22-35(28-47)24-36(23-34)29-47/h4-6,8-10,12-14,16-18,26,34-36,39,43,51,54H,7,11,15,19-25,27-31H2,1-3H3,(H,49,53)/t34?,35?,36?,39-,43-,46-,47?,48+/m0/s1. The molecule has 2 amide bonds. The van der Waals surface area contributed by atoms with Crippen molar-refractivity contribution in [2.75, 3.05) is 25.5 Å². The van der Waals surface area contributed by atoms with E-state index in [4.69, 9.17) is 4.74 Å². The first kappa shape index (κ1) is 38.0. The molecule has 5 saturated carbocycles. The lowest BCUT2D eigenvalue weighted by Gasteiger charge is -2.58. The second kappa shape index (κ2) is 15.2. The highest BCUT2D eigenvalue weighted by atomic mass is 16.5. The summed E-state index contributed by atoms with van der Waals surface area (Å²) < 4.78 is 5.38. The lowest BCUT2D eigenvalue weighted by molar-refractivity contribution is -0.0975. The fourth-order valence-electron chi connectivity index (χ4n) is 12.2. The number of allylic oxidation sites excluding steroid dienone is 2. The highest BCUT2D eigenvalue weighted by Gasteiger charge is 2.59. The van der Waals surface area contributed by atoms with Gasteiger partial charge in [0.2, 0.25) is 0 Å². The molecule has 4 atom stereocenters. The number of ether oxygens (including phenoxy) is 1. The lowest BCUT2D eigenvalue weighted by atomic mass is 9.49. The molecule has 10 rings (SSSR count). The van der Waals surface area contributed by atoms with E-state index in [1.165, 1.54) is 44.1 Å². The molecule has 55 heavy (non-hydrogen) atoms. The van der Waals surface area contributed by atoms with Gasteiger partial charge in [-0.2, -0.15) is 0 Å². The Morgan fingerprint density at radius 2 is 1.58 bits per heavy atom. The highest BCUT2D eigenvalue weighted by molar-refractivity contribution is 6.10. The number of anilines is 1. The van der Waals surface area contributed by atoms with Crippen molar-refractivity contribution in [3.05, 3.63) is 107 Å². The van der Waals surface area contributed by atoms with Crippen LogP contribution in [-0.4, -0.2) is 58.8 Å². The van der Waals surface area contributed by atoms with Gasteiger partial charge < -0.3 is 25.2 Å². The smallest absolute Gasteiger partial charge is 0.321 e. The van der Waals surface area contributed by atoms with Crippen molar-refractivity contribution in [3.63, 3.8) is 0 Å². The van der Waals surface area contributed by atoms with Gasteiger partial charge in [-0.05, 0) is 161 Å². The summed E-state index contributed by atoms with van der Waals surface area (Å²) in [6, 6.07) is 22.9. The van der Waals surface area contributed by atoms with Crippen LogP contribution >= 0.6 is 0 Å². The highest BCUT2D eigenvalue weighted by Crippen LogP contribution is 2.62. The van der Waals surface area contributed by atoms with E-state index in [1.807, 2.05) is 65.6 Å². The Morgan fingerprint density at radius 3 is 2.25 bits per heavy atom. The molecule has 0 aliphatic heterocycles. The molecule has 292 valence electrons. The Bertz CT molecular complexity index is 1870. The number of hydrogen-bond donors (Lipinski definition) is 3. The zero-order valence-corrected chi connectivity index (χ0v) is 33.1. The zero-order chi connectivity index (χ0) is 38.4. The van der Waals surface area contributed by atoms with Gasteiger partial charge in [-0.25, -0.2) is 4.79 Å². The van der Waals surface area contributed by atoms with E-state index in [0.717, 1.165) is 47.5 Å². The summed E-state index contributed by atoms with van der Waals surface area (Å²) in [5.74, 6) is 2.82. The number of carbonyl (C=O) groups is 2. The van der Waals surface area contributed by atoms with Crippen molar-refractivity contribution in [1.82, 2.24) is 4.90 Å². The first-order valence-electron chi connectivity index (χ1n) is 20.9. The number of methoxy groups -OCH3 is 1. The van der Waals surface area contributed by atoms with Gasteiger partial charge in [-0.15, -0.1) is 0 Å². The average molecular weight is 745 g/mol. The van der Waals surface area contributed by atoms with Gasteiger partial charge >= 0.3 is 6.03 Å². The number of nitrogens with one attached hydrogen (secondary N) is 1. The number of ketones is 1. The maximum atomic E-state index is 14.6. The minimum absolute atomic E-state index is 0.0325. The lowest BCUT2D eigenvalue weighted by Crippen LogP contribution is -2.58. The van der Waals surface area contributed by atoms with E-state index in [0.29, 0.717) is 55.5 Å². The van der Waals surface area contributed by atoms with Crippen molar-refractivity contribution in [2.45, 2.75) is 115 Å².